The van der Waals surface area contributed by atoms with Gasteiger partial charge in [-0.15, -0.1) is 0 Å². The number of rotatable bonds is 2. The average molecular weight is 361 g/mol. The van der Waals surface area contributed by atoms with Crippen molar-refractivity contribution in [2.24, 2.45) is 0 Å². The summed E-state index contributed by atoms with van der Waals surface area (Å²) in [6.07, 6.45) is 5.40. The number of hydrogen-bond donors (Lipinski definition) is 0. The van der Waals surface area contributed by atoms with Gasteiger partial charge in [-0.2, -0.15) is 0 Å². The van der Waals surface area contributed by atoms with E-state index in [4.69, 9.17) is 9.40 Å². The molecule has 132 valence electrons. The Kier molecular flexibility index (Phi) is 3.14. The molecule has 0 amide bonds. The lowest BCUT2D eigenvalue weighted by Gasteiger charge is -2.07. The molecule has 0 saturated heterocycles. The average Bonchev–Trinajstić information content (AvgIpc) is 3.36. The molecule has 6 aromatic rings. The highest BCUT2D eigenvalue weighted by Gasteiger charge is 2.16. The Labute approximate surface area is 160 Å². The molecule has 0 atom stereocenters. The van der Waals surface area contributed by atoms with Gasteiger partial charge >= 0.3 is 0 Å². The highest BCUT2D eigenvalue weighted by molar-refractivity contribution is 6.19. The van der Waals surface area contributed by atoms with Gasteiger partial charge in [-0.25, -0.2) is 4.98 Å². The Morgan fingerprint density at radius 3 is 2.43 bits per heavy atom. The number of nitrogens with zero attached hydrogens (tertiary/aromatic N) is 3. The third kappa shape index (κ3) is 2.12. The van der Waals surface area contributed by atoms with E-state index in [1.165, 1.54) is 0 Å². The second kappa shape index (κ2) is 5.79. The molecule has 3 heterocycles. The second-order valence-corrected chi connectivity index (χ2v) is 6.78. The van der Waals surface area contributed by atoms with Crippen molar-refractivity contribution in [2.75, 3.05) is 0 Å². The summed E-state index contributed by atoms with van der Waals surface area (Å²) in [7, 11) is 0. The summed E-state index contributed by atoms with van der Waals surface area (Å²) in [6, 6.07) is 24.6. The maximum absolute atomic E-state index is 5.82. The number of para-hydroxylation sites is 1. The number of fused-ring (bicyclic) bond motifs is 5. The van der Waals surface area contributed by atoms with Crippen molar-refractivity contribution >= 4 is 32.8 Å². The molecular weight excluding hydrogens is 346 g/mol. The van der Waals surface area contributed by atoms with Crippen molar-refractivity contribution in [3.8, 4) is 17.1 Å². The van der Waals surface area contributed by atoms with Crippen molar-refractivity contribution in [3.63, 3.8) is 0 Å². The molecule has 0 fully saturated rings. The van der Waals surface area contributed by atoms with Crippen LogP contribution in [0.2, 0.25) is 0 Å². The summed E-state index contributed by atoms with van der Waals surface area (Å²) in [4.78, 5) is 9.40. The van der Waals surface area contributed by atoms with Gasteiger partial charge < -0.3 is 4.42 Å². The Balaban J connectivity index is 1.63. The molecule has 0 aliphatic rings. The minimum Gasteiger partial charge on any atom is -0.464 e. The van der Waals surface area contributed by atoms with Crippen molar-refractivity contribution < 1.29 is 4.42 Å². The zero-order valence-electron chi connectivity index (χ0n) is 14.9. The molecule has 0 spiro atoms. The Morgan fingerprint density at radius 1 is 0.714 bits per heavy atom. The van der Waals surface area contributed by atoms with Gasteiger partial charge in [0.2, 0.25) is 0 Å². The van der Waals surface area contributed by atoms with Crippen molar-refractivity contribution in [1.82, 2.24) is 14.5 Å². The summed E-state index contributed by atoms with van der Waals surface area (Å²) in [5.41, 5.74) is 4.97. The van der Waals surface area contributed by atoms with Crippen LogP contribution in [0.5, 0.6) is 0 Å². The molecule has 0 unspecified atom stereocenters. The molecule has 6 rings (SSSR count). The molecule has 0 bridgehead atoms. The van der Waals surface area contributed by atoms with E-state index in [2.05, 4.69) is 39.9 Å². The second-order valence-electron chi connectivity index (χ2n) is 6.78. The molecule has 28 heavy (non-hydrogen) atoms. The zero-order chi connectivity index (χ0) is 18.5. The predicted octanol–water partition coefficient (Wildman–Crippen LogP) is 5.99. The predicted molar refractivity (Wildman–Crippen MR) is 112 cm³/mol. The zero-order valence-corrected chi connectivity index (χ0v) is 14.9. The van der Waals surface area contributed by atoms with Crippen LogP contribution in [0.1, 0.15) is 0 Å². The lowest BCUT2D eigenvalue weighted by atomic mass is 10.1. The van der Waals surface area contributed by atoms with Gasteiger partial charge in [-0.1, -0.05) is 48.5 Å². The Bertz CT molecular complexity index is 1440. The fraction of sp³-hybridized carbons (Fsp3) is 0. The Morgan fingerprint density at radius 2 is 1.57 bits per heavy atom. The van der Waals surface area contributed by atoms with Crippen molar-refractivity contribution in [3.05, 3.63) is 91.5 Å². The first-order valence-corrected chi connectivity index (χ1v) is 9.17. The highest BCUT2D eigenvalue weighted by atomic mass is 16.3. The molecule has 4 heteroatoms. The standard InChI is InChI=1S/C24H15N3O/c1-2-6-16(7-3-1)19-14-26-22(15-25-19)27-20-9-5-4-8-18(20)23-21(27)11-10-17-12-13-28-24(17)23/h1-15H. The van der Waals surface area contributed by atoms with Crippen LogP contribution in [0.15, 0.2) is 95.9 Å². The summed E-state index contributed by atoms with van der Waals surface area (Å²) in [5.74, 6) is 0.789. The molecular formula is C24H15N3O. The molecule has 0 saturated carbocycles. The number of hydrogen-bond acceptors (Lipinski definition) is 3. The largest absolute Gasteiger partial charge is 0.464 e. The van der Waals surface area contributed by atoms with Crippen LogP contribution < -0.4 is 0 Å². The number of furan rings is 1. The van der Waals surface area contributed by atoms with Crippen molar-refractivity contribution in [1.29, 1.82) is 0 Å². The number of benzene rings is 3. The first-order valence-electron chi connectivity index (χ1n) is 9.17. The van der Waals surface area contributed by atoms with Gasteiger partial charge in [-0.3, -0.25) is 9.55 Å². The van der Waals surface area contributed by atoms with E-state index in [-0.39, 0.29) is 0 Å². The smallest absolute Gasteiger partial charge is 0.156 e. The maximum atomic E-state index is 5.82. The molecule has 4 nitrogen and oxygen atoms in total. The molecule has 0 N–H and O–H groups in total. The van der Waals surface area contributed by atoms with Crippen LogP contribution in [0.3, 0.4) is 0 Å². The minimum absolute atomic E-state index is 0.789. The molecule has 3 aromatic heterocycles. The van der Waals surface area contributed by atoms with E-state index in [0.717, 1.165) is 49.9 Å². The first-order chi connectivity index (χ1) is 13.9. The van der Waals surface area contributed by atoms with Gasteiger partial charge in [0.05, 0.1) is 40.8 Å². The third-order valence-corrected chi connectivity index (χ3v) is 5.19. The lowest BCUT2D eigenvalue weighted by molar-refractivity contribution is 0.619. The van der Waals surface area contributed by atoms with Gasteiger partial charge in [0.1, 0.15) is 5.58 Å². The van der Waals surface area contributed by atoms with Crippen LogP contribution in [0, 0.1) is 0 Å². The lowest BCUT2D eigenvalue weighted by Crippen LogP contribution is -1.98. The molecule has 0 aliphatic carbocycles. The monoisotopic (exact) mass is 361 g/mol. The highest BCUT2D eigenvalue weighted by Crippen LogP contribution is 2.36. The Hall–Kier alpha value is -3.92. The summed E-state index contributed by atoms with van der Waals surface area (Å²) < 4.78 is 7.96. The van der Waals surface area contributed by atoms with E-state index in [9.17, 15) is 0 Å². The molecule has 0 radical (unpaired) electrons. The van der Waals surface area contributed by atoms with E-state index in [0.29, 0.717) is 0 Å². The SMILES string of the molecule is c1ccc(-c2cnc(-n3c4ccccc4c4c5occc5ccc43)cn2)cc1. The molecule has 0 aliphatic heterocycles. The van der Waals surface area contributed by atoms with Crippen LogP contribution >= 0.6 is 0 Å². The van der Waals surface area contributed by atoms with Crippen LogP contribution in [0.4, 0.5) is 0 Å². The normalized spacial score (nSPS) is 11.6. The van der Waals surface area contributed by atoms with Gasteiger partial charge in [0.15, 0.2) is 5.82 Å². The fourth-order valence-electron chi connectivity index (χ4n) is 3.92. The number of aromatic nitrogens is 3. The first kappa shape index (κ1) is 15.2. The van der Waals surface area contributed by atoms with Crippen LogP contribution in [0.25, 0.3) is 49.9 Å². The van der Waals surface area contributed by atoms with Crippen LogP contribution in [-0.4, -0.2) is 14.5 Å². The minimum atomic E-state index is 0.789. The summed E-state index contributed by atoms with van der Waals surface area (Å²) >= 11 is 0. The topological polar surface area (TPSA) is 43.9 Å². The van der Waals surface area contributed by atoms with Gasteiger partial charge in [-0.05, 0) is 24.3 Å². The third-order valence-electron chi connectivity index (χ3n) is 5.19. The van der Waals surface area contributed by atoms with Gasteiger partial charge in [0, 0.05) is 16.3 Å². The maximum Gasteiger partial charge on any atom is 0.156 e. The summed E-state index contributed by atoms with van der Waals surface area (Å²) in [6.45, 7) is 0. The molecule has 3 aromatic carbocycles. The van der Waals surface area contributed by atoms with E-state index >= 15 is 0 Å². The van der Waals surface area contributed by atoms with E-state index in [1.54, 1.807) is 6.26 Å². The van der Waals surface area contributed by atoms with E-state index < -0.39 is 0 Å². The summed E-state index contributed by atoms with van der Waals surface area (Å²) in [5, 5.41) is 3.35. The fourth-order valence-corrected chi connectivity index (χ4v) is 3.92. The van der Waals surface area contributed by atoms with Crippen LogP contribution in [-0.2, 0) is 0 Å². The van der Waals surface area contributed by atoms with Crippen molar-refractivity contribution in [2.45, 2.75) is 0 Å². The van der Waals surface area contributed by atoms with E-state index in [1.807, 2.05) is 54.9 Å². The van der Waals surface area contributed by atoms with Gasteiger partial charge in [0.25, 0.3) is 0 Å². The quantitative estimate of drug-likeness (QED) is 0.381.